The fourth-order valence-corrected chi connectivity index (χ4v) is 4.20. The van der Waals surface area contributed by atoms with E-state index in [1.54, 1.807) is 14.2 Å². The van der Waals surface area contributed by atoms with Gasteiger partial charge in [-0.15, -0.1) is 0 Å². The van der Waals surface area contributed by atoms with Gasteiger partial charge in [0.1, 0.15) is 11.5 Å². The van der Waals surface area contributed by atoms with Crippen LogP contribution >= 0.6 is 0 Å². The van der Waals surface area contributed by atoms with Gasteiger partial charge in [0.25, 0.3) is 0 Å². The Labute approximate surface area is 162 Å². The first kappa shape index (κ1) is 19.7. The molecule has 148 valence electrons. The largest absolute Gasteiger partial charge is 0.497 e. The van der Waals surface area contributed by atoms with Crippen LogP contribution in [0, 0.1) is 0 Å². The zero-order chi connectivity index (χ0) is 19.1. The quantitative estimate of drug-likeness (QED) is 0.704. The van der Waals surface area contributed by atoms with Crippen LogP contribution in [0.3, 0.4) is 0 Å². The fraction of sp³-hybridized carbons (Fsp3) is 0.591. The molecule has 0 spiro atoms. The summed E-state index contributed by atoms with van der Waals surface area (Å²) in [5.74, 6) is 1.73. The molecule has 3 rings (SSSR count). The van der Waals surface area contributed by atoms with Gasteiger partial charge in [-0.25, -0.2) is 0 Å². The molecule has 1 saturated heterocycles. The van der Waals surface area contributed by atoms with Crippen LogP contribution in [0.4, 0.5) is 0 Å². The van der Waals surface area contributed by atoms with Crippen LogP contribution < -0.4 is 14.8 Å². The predicted molar refractivity (Wildman–Crippen MR) is 107 cm³/mol. The molecule has 1 N–H and O–H groups in total. The van der Waals surface area contributed by atoms with Crippen molar-refractivity contribution in [2.24, 2.45) is 0 Å². The van der Waals surface area contributed by atoms with Gasteiger partial charge in [0.05, 0.1) is 20.8 Å². The van der Waals surface area contributed by atoms with Crippen molar-refractivity contribution in [2.45, 2.75) is 51.0 Å². The van der Waals surface area contributed by atoms with Crippen molar-refractivity contribution in [3.8, 4) is 11.5 Å². The lowest BCUT2D eigenvalue weighted by Gasteiger charge is -2.26. The van der Waals surface area contributed by atoms with Crippen molar-refractivity contribution in [1.82, 2.24) is 10.2 Å². The number of nitrogens with zero attached hydrogens (tertiary/aromatic N) is 1. The molecule has 5 nitrogen and oxygen atoms in total. The number of carbonyl (C=O) groups is 1. The van der Waals surface area contributed by atoms with Crippen LogP contribution in [-0.4, -0.2) is 44.7 Å². The van der Waals surface area contributed by atoms with Gasteiger partial charge in [0.2, 0.25) is 5.91 Å². The molecule has 1 amide bonds. The summed E-state index contributed by atoms with van der Waals surface area (Å²) in [6.45, 7) is 2.13. The second-order valence-electron chi connectivity index (χ2n) is 7.44. The molecule has 2 aliphatic rings. The lowest BCUT2D eigenvalue weighted by atomic mass is 9.97. The Hall–Kier alpha value is -2.01. The topological polar surface area (TPSA) is 50.8 Å². The first-order valence-electron chi connectivity index (χ1n) is 10.1. The van der Waals surface area contributed by atoms with E-state index < -0.39 is 0 Å². The number of likely N-dealkylation sites (tertiary alicyclic amines) is 1. The monoisotopic (exact) mass is 372 g/mol. The maximum absolute atomic E-state index is 12.4. The molecule has 1 atom stereocenters. The molecule has 0 saturated carbocycles. The predicted octanol–water partition coefficient (Wildman–Crippen LogP) is 3.85. The van der Waals surface area contributed by atoms with Gasteiger partial charge in [-0.1, -0.05) is 17.7 Å². The molecule has 0 unspecified atom stereocenters. The summed E-state index contributed by atoms with van der Waals surface area (Å²) in [5, 5.41) is 3.10. The van der Waals surface area contributed by atoms with E-state index in [4.69, 9.17) is 9.47 Å². The maximum Gasteiger partial charge on any atom is 0.234 e. The number of nitrogens with one attached hydrogen (secondary N) is 1. The van der Waals surface area contributed by atoms with E-state index in [0.29, 0.717) is 6.54 Å². The van der Waals surface area contributed by atoms with Crippen LogP contribution in [0.1, 0.15) is 56.6 Å². The van der Waals surface area contributed by atoms with Gasteiger partial charge in [0, 0.05) is 24.2 Å². The van der Waals surface area contributed by atoms with Crippen LogP contribution in [0.15, 0.2) is 29.8 Å². The Balaban J connectivity index is 1.55. The van der Waals surface area contributed by atoms with Crippen LogP contribution in [0.2, 0.25) is 0 Å². The van der Waals surface area contributed by atoms with Crippen molar-refractivity contribution in [3.05, 3.63) is 35.4 Å². The normalized spacial score (nSPS) is 20.2. The highest BCUT2D eigenvalue weighted by atomic mass is 16.5. The third-order valence-corrected chi connectivity index (χ3v) is 5.66. The first-order chi connectivity index (χ1) is 13.2. The molecule has 1 aliphatic heterocycles. The Morgan fingerprint density at radius 3 is 2.85 bits per heavy atom. The third kappa shape index (κ3) is 5.25. The standard InChI is InChI=1S/C22H32N2O3/c1-26-18-10-11-19(21(15-18)27-2)20-9-6-14-24(20)16-22(25)23-13-12-17-7-4-3-5-8-17/h7,10-11,15,20H,3-6,8-9,12-14,16H2,1-2H3,(H,23,25)/t20-/m1/s1. The summed E-state index contributed by atoms with van der Waals surface area (Å²) in [7, 11) is 3.34. The van der Waals surface area contributed by atoms with E-state index in [2.05, 4.69) is 22.4 Å². The average molecular weight is 373 g/mol. The summed E-state index contributed by atoms with van der Waals surface area (Å²) in [6.07, 6.45) is 10.5. The van der Waals surface area contributed by atoms with Gasteiger partial charge < -0.3 is 14.8 Å². The van der Waals surface area contributed by atoms with Crippen molar-refractivity contribution < 1.29 is 14.3 Å². The Morgan fingerprint density at radius 2 is 2.11 bits per heavy atom. The minimum atomic E-state index is 0.116. The molecule has 0 radical (unpaired) electrons. The van der Waals surface area contributed by atoms with Crippen molar-refractivity contribution in [3.63, 3.8) is 0 Å². The zero-order valence-electron chi connectivity index (χ0n) is 16.6. The van der Waals surface area contributed by atoms with E-state index >= 15 is 0 Å². The van der Waals surface area contributed by atoms with E-state index in [-0.39, 0.29) is 11.9 Å². The number of allylic oxidation sites excluding steroid dienone is 1. The summed E-state index contributed by atoms with van der Waals surface area (Å²) in [4.78, 5) is 14.7. The molecule has 0 bridgehead atoms. The van der Waals surface area contributed by atoms with Gasteiger partial charge in [-0.2, -0.15) is 0 Å². The number of benzene rings is 1. The first-order valence-corrected chi connectivity index (χ1v) is 10.1. The van der Waals surface area contributed by atoms with Crippen LogP contribution in [0.25, 0.3) is 0 Å². The molecular weight excluding hydrogens is 340 g/mol. The van der Waals surface area contributed by atoms with Gasteiger partial charge in [-0.05, 0) is 57.6 Å². The van der Waals surface area contributed by atoms with Crippen molar-refractivity contribution in [1.29, 1.82) is 0 Å². The smallest absolute Gasteiger partial charge is 0.234 e. The summed E-state index contributed by atoms with van der Waals surface area (Å²) in [6, 6.07) is 6.17. The fourth-order valence-electron chi connectivity index (χ4n) is 4.20. The number of rotatable bonds is 8. The average Bonchev–Trinajstić information content (AvgIpc) is 3.16. The SMILES string of the molecule is COc1ccc([C@H]2CCCN2CC(=O)NCCC2=CCCCC2)c(OC)c1. The molecule has 27 heavy (non-hydrogen) atoms. The number of methoxy groups -OCH3 is 2. The molecule has 1 aliphatic carbocycles. The summed E-state index contributed by atoms with van der Waals surface area (Å²) < 4.78 is 10.9. The van der Waals surface area contributed by atoms with Crippen LogP contribution in [0.5, 0.6) is 11.5 Å². The minimum Gasteiger partial charge on any atom is -0.497 e. The number of ether oxygens (including phenoxy) is 2. The molecule has 5 heteroatoms. The number of amides is 1. The van der Waals surface area contributed by atoms with Crippen molar-refractivity contribution >= 4 is 5.91 Å². The Bertz CT molecular complexity index is 672. The van der Waals surface area contributed by atoms with Crippen LogP contribution in [-0.2, 0) is 4.79 Å². The maximum atomic E-state index is 12.4. The number of hydrogen-bond acceptors (Lipinski definition) is 4. The van der Waals surface area contributed by atoms with E-state index in [1.807, 2.05) is 12.1 Å². The van der Waals surface area contributed by atoms with Gasteiger partial charge >= 0.3 is 0 Å². The zero-order valence-corrected chi connectivity index (χ0v) is 16.6. The highest BCUT2D eigenvalue weighted by Crippen LogP contribution is 2.38. The molecule has 1 heterocycles. The number of carbonyl (C=O) groups excluding carboxylic acids is 1. The Kier molecular flexibility index (Phi) is 7.16. The second kappa shape index (κ2) is 9.79. The van der Waals surface area contributed by atoms with Crippen molar-refractivity contribution in [2.75, 3.05) is 33.9 Å². The molecule has 1 aromatic carbocycles. The minimum absolute atomic E-state index is 0.116. The summed E-state index contributed by atoms with van der Waals surface area (Å²) >= 11 is 0. The van der Waals surface area contributed by atoms with E-state index in [0.717, 1.165) is 49.4 Å². The third-order valence-electron chi connectivity index (χ3n) is 5.66. The molecule has 1 fully saturated rings. The Morgan fingerprint density at radius 1 is 1.22 bits per heavy atom. The van der Waals surface area contributed by atoms with Gasteiger partial charge in [0.15, 0.2) is 0 Å². The van der Waals surface area contributed by atoms with E-state index in [1.165, 1.54) is 31.3 Å². The highest BCUT2D eigenvalue weighted by Gasteiger charge is 2.29. The highest BCUT2D eigenvalue weighted by molar-refractivity contribution is 5.78. The van der Waals surface area contributed by atoms with E-state index in [9.17, 15) is 4.79 Å². The lowest BCUT2D eigenvalue weighted by molar-refractivity contribution is -0.122. The van der Waals surface area contributed by atoms with Gasteiger partial charge in [-0.3, -0.25) is 9.69 Å². The number of hydrogen-bond donors (Lipinski definition) is 1. The molecule has 0 aromatic heterocycles. The second-order valence-corrected chi connectivity index (χ2v) is 7.44. The molecule has 1 aromatic rings. The lowest BCUT2D eigenvalue weighted by Crippen LogP contribution is -2.37. The summed E-state index contributed by atoms with van der Waals surface area (Å²) in [5.41, 5.74) is 2.64. The molecular formula is C22H32N2O3.